The lowest BCUT2D eigenvalue weighted by atomic mass is 9.99. The van der Waals surface area contributed by atoms with E-state index >= 15 is 0 Å². The number of para-hydroxylation sites is 2. The zero-order valence-corrected chi connectivity index (χ0v) is 19.1. The van der Waals surface area contributed by atoms with E-state index in [1.807, 2.05) is 36.4 Å². The zero-order chi connectivity index (χ0) is 24.0. The van der Waals surface area contributed by atoms with Gasteiger partial charge in [0.05, 0.1) is 16.6 Å². The van der Waals surface area contributed by atoms with Crippen LogP contribution in [0.25, 0.3) is 65.3 Å². The Labute approximate surface area is 204 Å². The zero-order valence-electron chi connectivity index (χ0n) is 19.1. The van der Waals surface area contributed by atoms with Crippen LogP contribution in [0.2, 0.25) is 0 Å². The molecule has 168 valence electrons. The maximum absolute atomic E-state index is 13.6. The number of aromatic nitrogens is 2. The maximum atomic E-state index is 13.6. The number of pyridine rings is 2. The minimum Gasteiger partial charge on any atom is -0.309 e. The van der Waals surface area contributed by atoms with E-state index in [1.165, 1.54) is 15.2 Å². The smallest absolute Gasteiger partial charge is 0.266 e. The van der Waals surface area contributed by atoms with Crippen molar-refractivity contribution in [2.75, 3.05) is 0 Å². The third-order valence-corrected chi connectivity index (χ3v) is 7.46. The molecule has 0 saturated carbocycles. The molecule has 8 rings (SSSR count). The van der Waals surface area contributed by atoms with Gasteiger partial charge in [-0.3, -0.25) is 9.59 Å². The number of hydrogen-bond donors (Lipinski definition) is 0. The second kappa shape index (κ2) is 6.80. The van der Waals surface area contributed by atoms with Gasteiger partial charge >= 0.3 is 0 Å². The SMILES string of the molecule is O=c1c2ccccc2c2cc(-n3c4ccccc4c4ccccc43)cc3c4ccccc4c(=O)n1c23. The molecule has 0 N–H and O–H groups in total. The van der Waals surface area contributed by atoms with E-state index in [1.54, 1.807) is 12.1 Å². The third kappa shape index (κ3) is 2.33. The van der Waals surface area contributed by atoms with Crippen LogP contribution in [0.1, 0.15) is 0 Å². The van der Waals surface area contributed by atoms with Gasteiger partial charge in [0.2, 0.25) is 0 Å². The Morgan fingerprint density at radius 2 is 0.806 bits per heavy atom. The molecule has 8 aromatic rings. The van der Waals surface area contributed by atoms with E-state index in [-0.39, 0.29) is 11.1 Å². The van der Waals surface area contributed by atoms with Crippen molar-refractivity contribution in [1.82, 2.24) is 8.97 Å². The van der Waals surface area contributed by atoms with E-state index in [9.17, 15) is 9.59 Å². The quantitative estimate of drug-likeness (QED) is 0.202. The van der Waals surface area contributed by atoms with Gasteiger partial charge < -0.3 is 4.57 Å². The maximum Gasteiger partial charge on any atom is 0.266 e. The van der Waals surface area contributed by atoms with Crippen molar-refractivity contribution in [3.05, 3.63) is 130 Å². The highest BCUT2D eigenvalue weighted by molar-refractivity contribution is 6.19. The van der Waals surface area contributed by atoms with Gasteiger partial charge in [0.1, 0.15) is 0 Å². The molecule has 0 unspecified atom stereocenters. The highest BCUT2D eigenvalue weighted by Gasteiger charge is 2.19. The third-order valence-electron chi connectivity index (χ3n) is 7.46. The summed E-state index contributed by atoms with van der Waals surface area (Å²) in [5.41, 5.74) is 3.35. The topological polar surface area (TPSA) is 43.5 Å². The fraction of sp³-hybridized carbons (Fsp3) is 0. The number of benzene rings is 5. The molecule has 0 aliphatic heterocycles. The van der Waals surface area contributed by atoms with Crippen LogP contribution in [0.3, 0.4) is 0 Å². The van der Waals surface area contributed by atoms with Crippen LogP contribution < -0.4 is 11.1 Å². The first kappa shape index (κ1) is 19.4. The Balaban J connectivity index is 1.69. The van der Waals surface area contributed by atoms with Crippen LogP contribution in [0.15, 0.2) is 119 Å². The molecule has 3 aromatic heterocycles. The fourth-order valence-electron chi connectivity index (χ4n) is 5.95. The number of fused-ring (bicyclic) bond motifs is 7. The average molecular weight is 463 g/mol. The number of nitrogens with zero attached hydrogens (tertiary/aromatic N) is 2. The normalized spacial score (nSPS) is 12.1. The summed E-state index contributed by atoms with van der Waals surface area (Å²) < 4.78 is 3.65. The Morgan fingerprint density at radius 3 is 1.28 bits per heavy atom. The summed E-state index contributed by atoms with van der Waals surface area (Å²) >= 11 is 0. The molecule has 0 fully saturated rings. The number of rotatable bonds is 1. The molecule has 0 aliphatic rings. The first-order chi connectivity index (χ1) is 17.7. The summed E-state index contributed by atoms with van der Waals surface area (Å²) in [7, 11) is 0. The van der Waals surface area contributed by atoms with Crippen molar-refractivity contribution in [3.8, 4) is 5.69 Å². The molecule has 0 radical (unpaired) electrons. The summed E-state index contributed by atoms with van der Waals surface area (Å²) in [6, 6.07) is 36.2. The molecule has 0 aliphatic carbocycles. The first-order valence-electron chi connectivity index (χ1n) is 12.0. The molecule has 0 amide bonds. The fourth-order valence-corrected chi connectivity index (χ4v) is 5.95. The largest absolute Gasteiger partial charge is 0.309 e. The van der Waals surface area contributed by atoms with Gasteiger partial charge in [0.25, 0.3) is 11.1 Å². The van der Waals surface area contributed by atoms with Crippen molar-refractivity contribution in [3.63, 3.8) is 0 Å². The number of hydrogen-bond acceptors (Lipinski definition) is 2. The Morgan fingerprint density at radius 1 is 0.417 bits per heavy atom. The van der Waals surface area contributed by atoms with Crippen LogP contribution in [-0.4, -0.2) is 8.97 Å². The summed E-state index contributed by atoms with van der Waals surface area (Å²) in [5.74, 6) is 0. The molecule has 5 aromatic carbocycles. The second-order valence-electron chi connectivity index (χ2n) is 9.30. The monoisotopic (exact) mass is 462 g/mol. The van der Waals surface area contributed by atoms with Crippen molar-refractivity contribution in [1.29, 1.82) is 0 Å². The lowest BCUT2D eigenvalue weighted by Crippen LogP contribution is -2.27. The molecule has 4 heteroatoms. The predicted molar refractivity (Wildman–Crippen MR) is 148 cm³/mol. The molecule has 36 heavy (non-hydrogen) atoms. The Bertz CT molecular complexity index is 2150. The minimum atomic E-state index is -0.275. The summed E-state index contributed by atoms with van der Waals surface area (Å²) in [6.45, 7) is 0. The van der Waals surface area contributed by atoms with E-state index in [4.69, 9.17) is 0 Å². The van der Waals surface area contributed by atoms with Crippen molar-refractivity contribution < 1.29 is 0 Å². The molecule has 0 bridgehead atoms. The van der Waals surface area contributed by atoms with Crippen LogP contribution in [0, 0.1) is 0 Å². The van der Waals surface area contributed by atoms with Crippen molar-refractivity contribution >= 4 is 59.6 Å². The van der Waals surface area contributed by atoms with Crippen LogP contribution in [-0.2, 0) is 0 Å². The molecule has 0 spiro atoms. The van der Waals surface area contributed by atoms with Crippen molar-refractivity contribution in [2.24, 2.45) is 0 Å². The molecule has 0 saturated heterocycles. The lowest BCUT2D eigenvalue weighted by molar-refractivity contribution is 1.09. The van der Waals surface area contributed by atoms with E-state index in [0.717, 1.165) is 38.3 Å². The van der Waals surface area contributed by atoms with Gasteiger partial charge in [0, 0.05) is 38.0 Å². The summed E-state index contributed by atoms with van der Waals surface area (Å²) in [4.78, 5) is 27.2. The van der Waals surface area contributed by atoms with E-state index in [2.05, 4.69) is 65.2 Å². The first-order valence-corrected chi connectivity index (χ1v) is 12.0. The van der Waals surface area contributed by atoms with Gasteiger partial charge in [-0.1, -0.05) is 72.8 Å². The van der Waals surface area contributed by atoms with Crippen LogP contribution >= 0.6 is 0 Å². The highest BCUT2D eigenvalue weighted by Crippen LogP contribution is 2.36. The Hall–Kier alpha value is -4.96. The molecular weight excluding hydrogens is 444 g/mol. The molecule has 4 nitrogen and oxygen atoms in total. The van der Waals surface area contributed by atoms with Crippen molar-refractivity contribution in [2.45, 2.75) is 0 Å². The lowest BCUT2D eigenvalue weighted by Gasteiger charge is -2.16. The molecule has 3 heterocycles. The standard InChI is InChI=1S/C32H18N2O2/c35-31-24-13-3-1-9-20(24)26-17-19(18-27-21-10-2-4-14-25(21)32(36)34(31)30(26)27)33-28-15-7-5-11-22(28)23-12-6-8-16-29(23)33/h1-18H. The predicted octanol–water partition coefficient (Wildman–Crippen LogP) is 6.65. The summed E-state index contributed by atoms with van der Waals surface area (Å²) in [6.07, 6.45) is 0. The van der Waals surface area contributed by atoms with Crippen LogP contribution in [0.5, 0.6) is 0 Å². The van der Waals surface area contributed by atoms with E-state index < -0.39 is 0 Å². The van der Waals surface area contributed by atoms with Gasteiger partial charge in [-0.05, 0) is 47.2 Å². The van der Waals surface area contributed by atoms with E-state index in [0.29, 0.717) is 16.3 Å². The summed E-state index contributed by atoms with van der Waals surface area (Å²) in [5, 5.41) is 6.95. The van der Waals surface area contributed by atoms with Crippen LogP contribution in [0.4, 0.5) is 0 Å². The Kier molecular flexibility index (Phi) is 3.66. The second-order valence-corrected chi connectivity index (χ2v) is 9.30. The van der Waals surface area contributed by atoms with Gasteiger partial charge in [-0.25, -0.2) is 4.40 Å². The highest BCUT2D eigenvalue weighted by atomic mass is 16.2. The van der Waals surface area contributed by atoms with Gasteiger partial charge in [-0.2, -0.15) is 0 Å². The molecular formula is C32H18N2O2. The molecule has 0 atom stereocenters. The van der Waals surface area contributed by atoms with Gasteiger partial charge in [0.15, 0.2) is 0 Å². The minimum absolute atomic E-state index is 0.275. The van der Waals surface area contributed by atoms with Gasteiger partial charge in [-0.15, -0.1) is 0 Å². The average Bonchev–Trinajstić information content (AvgIpc) is 3.27.